The lowest BCUT2D eigenvalue weighted by molar-refractivity contribution is 0.199. The number of hydrogen-bond donors (Lipinski definition) is 3. The number of hydrogen-bond acceptors (Lipinski definition) is 7. The van der Waals surface area contributed by atoms with Gasteiger partial charge in [0.25, 0.3) is 0 Å². The van der Waals surface area contributed by atoms with Crippen LogP contribution < -0.4 is 32.4 Å². The van der Waals surface area contributed by atoms with E-state index in [1.807, 2.05) is 0 Å². The summed E-state index contributed by atoms with van der Waals surface area (Å²) in [7, 11) is 0. The summed E-state index contributed by atoms with van der Waals surface area (Å²) in [5, 5.41) is 0.445. The van der Waals surface area contributed by atoms with Crippen molar-refractivity contribution >= 4 is 11.0 Å². The van der Waals surface area contributed by atoms with Gasteiger partial charge in [0.1, 0.15) is 17.6 Å². The Labute approximate surface area is 124 Å². The minimum atomic E-state index is -0.144. The highest BCUT2D eigenvalue weighted by molar-refractivity contribution is 5.82. The highest BCUT2D eigenvalue weighted by Crippen LogP contribution is 2.24. The third kappa shape index (κ3) is 2.51. The maximum atomic E-state index is 12.6. The lowest BCUT2D eigenvalue weighted by atomic mass is 10.1. The van der Waals surface area contributed by atoms with Gasteiger partial charge >= 0.3 is 0 Å². The van der Waals surface area contributed by atoms with Crippen molar-refractivity contribution < 1.29 is 14.1 Å². The van der Waals surface area contributed by atoms with Crippen LogP contribution in [0.4, 0.5) is 0 Å². The van der Waals surface area contributed by atoms with E-state index >= 15 is 0 Å². The summed E-state index contributed by atoms with van der Waals surface area (Å²) in [6.45, 7) is 0. The molecule has 7 heteroatoms. The number of benzene rings is 2. The van der Waals surface area contributed by atoms with Crippen molar-refractivity contribution in [3.05, 3.63) is 59.0 Å². The molecule has 0 fully saturated rings. The molecule has 0 aliphatic heterocycles. The minimum Gasteiger partial charge on any atom is -0.463 e. The second-order valence-electron chi connectivity index (χ2n) is 4.50. The quantitative estimate of drug-likeness (QED) is 0.494. The van der Waals surface area contributed by atoms with Crippen molar-refractivity contribution in [3.63, 3.8) is 0 Å². The smallest absolute Gasteiger partial charge is 0.200 e. The van der Waals surface area contributed by atoms with Gasteiger partial charge in [0.05, 0.1) is 10.9 Å². The molecule has 3 rings (SSSR count). The molecule has 5 N–H and O–H groups in total. The van der Waals surface area contributed by atoms with Crippen LogP contribution in [-0.4, -0.2) is 0 Å². The van der Waals surface area contributed by atoms with Gasteiger partial charge < -0.3 is 14.1 Å². The molecule has 0 amide bonds. The summed E-state index contributed by atoms with van der Waals surface area (Å²) in [6, 6.07) is 11.6. The lowest BCUT2D eigenvalue weighted by Crippen LogP contribution is -2.25. The van der Waals surface area contributed by atoms with E-state index in [2.05, 4.69) is 10.4 Å². The van der Waals surface area contributed by atoms with Crippen LogP contribution in [0.5, 0.6) is 11.5 Å². The van der Waals surface area contributed by atoms with Gasteiger partial charge in [-0.25, -0.2) is 5.84 Å². The van der Waals surface area contributed by atoms with E-state index in [9.17, 15) is 4.79 Å². The van der Waals surface area contributed by atoms with Crippen molar-refractivity contribution in [1.29, 1.82) is 0 Å². The first-order valence-corrected chi connectivity index (χ1v) is 6.38. The predicted molar refractivity (Wildman–Crippen MR) is 80.7 cm³/mol. The third-order valence-electron chi connectivity index (χ3n) is 3.22. The molecule has 112 valence electrons. The number of nitrogens with one attached hydrogen (secondary N) is 1. The zero-order valence-corrected chi connectivity index (χ0v) is 11.4. The summed E-state index contributed by atoms with van der Waals surface area (Å²) in [5.74, 6) is 11.1. The fourth-order valence-electron chi connectivity index (χ4n) is 2.15. The lowest BCUT2D eigenvalue weighted by Gasteiger charge is -2.06. The molecule has 0 aliphatic rings. The summed E-state index contributed by atoms with van der Waals surface area (Å²) in [6.07, 6.45) is 1.41. The van der Waals surface area contributed by atoms with Gasteiger partial charge in [-0.3, -0.25) is 4.79 Å². The molecule has 0 spiro atoms. The normalized spacial score (nSPS) is 10.6. The van der Waals surface area contributed by atoms with Crippen LogP contribution >= 0.6 is 0 Å². The number of rotatable bonds is 4. The highest BCUT2D eigenvalue weighted by Gasteiger charge is 2.10. The summed E-state index contributed by atoms with van der Waals surface area (Å²) in [5.41, 5.74) is 3.49. The first-order valence-electron chi connectivity index (χ1n) is 6.38. The molecule has 0 saturated carbocycles. The maximum absolute atomic E-state index is 12.6. The standard InChI is InChI=1S/C15H13N3O4/c16-18-22-11-5-6-12-14(7-11)20-8-13(15(12)19)9-1-3-10(21-17)4-2-9/h1-8,18H,16-17H2. The van der Waals surface area contributed by atoms with Crippen LogP contribution in [0.25, 0.3) is 22.1 Å². The molecule has 0 atom stereocenters. The molecular formula is C15H13N3O4. The number of fused-ring (bicyclic) bond motifs is 1. The van der Waals surface area contributed by atoms with E-state index in [1.165, 1.54) is 6.26 Å². The highest BCUT2D eigenvalue weighted by atomic mass is 16.7. The van der Waals surface area contributed by atoms with Gasteiger partial charge in [-0.15, -0.1) is 0 Å². The Hall–Kier alpha value is -2.87. The number of nitrogens with two attached hydrogens (primary N) is 2. The first kappa shape index (κ1) is 14.1. The summed E-state index contributed by atoms with van der Waals surface area (Å²) >= 11 is 0. The van der Waals surface area contributed by atoms with E-state index in [1.54, 1.807) is 42.5 Å². The molecule has 0 radical (unpaired) electrons. The molecule has 0 bridgehead atoms. The Balaban J connectivity index is 2.09. The van der Waals surface area contributed by atoms with Crippen LogP contribution in [0.15, 0.2) is 57.9 Å². The second-order valence-corrected chi connectivity index (χ2v) is 4.50. The summed E-state index contributed by atoms with van der Waals surface area (Å²) < 4.78 is 5.52. The van der Waals surface area contributed by atoms with E-state index in [0.717, 1.165) is 0 Å². The molecule has 7 nitrogen and oxygen atoms in total. The summed E-state index contributed by atoms with van der Waals surface area (Å²) in [4.78, 5) is 22.1. The molecule has 1 aromatic heterocycles. The molecule has 22 heavy (non-hydrogen) atoms. The SMILES string of the molecule is NNOc1ccc2c(=O)c(-c3ccc(ON)cc3)coc2c1. The Bertz CT molecular complexity index is 859. The Morgan fingerprint density at radius 3 is 2.45 bits per heavy atom. The fraction of sp³-hybridized carbons (Fsp3) is 0. The van der Waals surface area contributed by atoms with Crippen LogP contribution in [0.1, 0.15) is 0 Å². The van der Waals surface area contributed by atoms with Gasteiger partial charge in [-0.1, -0.05) is 17.7 Å². The molecule has 0 saturated heterocycles. The van der Waals surface area contributed by atoms with Gasteiger partial charge in [-0.05, 0) is 29.8 Å². The van der Waals surface area contributed by atoms with Crippen molar-refractivity contribution in [2.75, 3.05) is 0 Å². The minimum absolute atomic E-state index is 0.144. The first-order chi connectivity index (χ1) is 10.7. The molecule has 0 unspecified atom stereocenters. The average Bonchev–Trinajstić information content (AvgIpc) is 2.56. The van der Waals surface area contributed by atoms with Crippen LogP contribution in [0.2, 0.25) is 0 Å². The van der Waals surface area contributed by atoms with Crippen LogP contribution in [0.3, 0.4) is 0 Å². The van der Waals surface area contributed by atoms with Crippen molar-refractivity contribution in [2.24, 2.45) is 11.7 Å². The van der Waals surface area contributed by atoms with Crippen LogP contribution in [0, 0.1) is 0 Å². The molecule has 1 heterocycles. The zero-order chi connectivity index (χ0) is 15.5. The van der Waals surface area contributed by atoms with Crippen molar-refractivity contribution in [2.45, 2.75) is 0 Å². The zero-order valence-electron chi connectivity index (χ0n) is 11.4. The Morgan fingerprint density at radius 1 is 1.05 bits per heavy atom. The Kier molecular flexibility index (Phi) is 3.75. The van der Waals surface area contributed by atoms with Gasteiger partial charge in [0, 0.05) is 6.07 Å². The molecule has 3 aromatic rings. The van der Waals surface area contributed by atoms with E-state index in [4.69, 9.17) is 21.0 Å². The van der Waals surface area contributed by atoms with E-state index in [-0.39, 0.29) is 5.43 Å². The largest absolute Gasteiger partial charge is 0.463 e. The van der Waals surface area contributed by atoms with Crippen molar-refractivity contribution in [1.82, 2.24) is 5.59 Å². The van der Waals surface area contributed by atoms with Gasteiger partial charge in [0.15, 0.2) is 11.2 Å². The van der Waals surface area contributed by atoms with E-state index < -0.39 is 0 Å². The van der Waals surface area contributed by atoms with Gasteiger partial charge in [0.2, 0.25) is 0 Å². The number of hydrazine groups is 1. The van der Waals surface area contributed by atoms with Gasteiger partial charge in [-0.2, -0.15) is 5.90 Å². The molecule has 0 aliphatic carbocycles. The van der Waals surface area contributed by atoms with E-state index in [0.29, 0.717) is 33.6 Å². The second kappa shape index (κ2) is 5.86. The third-order valence-corrected chi connectivity index (χ3v) is 3.22. The topological polar surface area (TPSA) is 113 Å². The van der Waals surface area contributed by atoms with Crippen molar-refractivity contribution in [3.8, 4) is 22.6 Å². The fourth-order valence-corrected chi connectivity index (χ4v) is 2.15. The molecule has 2 aromatic carbocycles. The van der Waals surface area contributed by atoms with Crippen LogP contribution in [-0.2, 0) is 0 Å². The predicted octanol–water partition coefficient (Wildman–Crippen LogP) is 1.47. The molecular weight excluding hydrogens is 286 g/mol. The average molecular weight is 299 g/mol. The maximum Gasteiger partial charge on any atom is 0.200 e. The Morgan fingerprint density at radius 2 is 1.77 bits per heavy atom. The monoisotopic (exact) mass is 299 g/mol.